The van der Waals surface area contributed by atoms with Crippen molar-refractivity contribution in [3.05, 3.63) is 42.5 Å². The zero-order valence-electron chi connectivity index (χ0n) is 15.3. The summed E-state index contributed by atoms with van der Waals surface area (Å²) in [5, 5.41) is 6.27. The highest BCUT2D eigenvalue weighted by Gasteiger charge is 2.13. The first-order valence-electron chi connectivity index (χ1n) is 8.51. The molecule has 0 spiro atoms. The number of hydrogen-bond acceptors (Lipinski definition) is 4. The number of carbonyl (C=O) groups excluding carboxylic acids is 1. The van der Waals surface area contributed by atoms with Gasteiger partial charge in [0.1, 0.15) is 0 Å². The Hall–Kier alpha value is -2.69. The smallest absolute Gasteiger partial charge is 0.227 e. The van der Waals surface area contributed by atoms with Crippen molar-refractivity contribution in [2.75, 3.05) is 24.9 Å². The Labute approximate surface area is 149 Å². The Kier molecular flexibility index (Phi) is 6.69. The summed E-state index contributed by atoms with van der Waals surface area (Å²) >= 11 is 0. The molecular weight excluding hydrogens is 316 g/mol. The van der Waals surface area contributed by atoms with E-state index in [4.69, 9.17) is 9.47 Å². The van der Waals surface area contributed by atoms with Gasteiger partial charge in [0.05, 0.1) is 14.2 Å². The van der Waals surface area contributed by atoms with Gasteiger partial charge in [-0.1, -0.05) is 13.8 Å². The predicted octanol–water partition coefficient (Wildman–Crippen LogP) is 4.82. The summed E-state index contributed by atoms with van der Waals surface area (Å²) in [6.07, 6.45) is 1.70. The fraction of sp³-hybridized carbons (Fsp3) is 0.350. The summed E-state index contributed by atoms with van der Waals surface area (Å²) in [6.45, 7) is 4.06. The highest BCUT2D eigenvalue weighted by Crippen LogP contribution is 2.31. The first kappa shape index (κ1) is 18.6. The average molecular weight is 342 g/mol. The van der Waals surface area contributed by atoms with Gasteiger partial charge in [0, 0.05) is 29.0 Å². The number of amides is 1. The Morgan fingerprint density at radius 1 is 0.880 bits per heavy atom. The van der Waals surface area contributed by atoms with E-state index in [-0.39, 0.29) is 11.8 Å². The van der Waals surface area contributed by atoms with Crippen LogP contribution >= 0.6 is 0 Å². The quantitative estimate of drug-likeness (QED) is 0.722. The molecule has 0 aliphatic rings. The van der Waals surface area contributed by atoms with Gasteiger partial charge < -0.3 is 20.1 Å². The average Bonchev–Trinajstić information content (AvgIpc) is 2.64. The summed E-state index contributed by atoms with van der Waals surface area (Å²) < 4.78 is 10.5. The highest BCUT2D eigenvalue weighted by molar-refractivity contribution is 5.92. The number of rotatable bonds is 8. The molecule has 0 aromatic heterocycles. The van der Waals surface area contributed by atoms with Crippen LogP contribution in [0.2, 0.25) is 0 Å². The Balaban J connectivity index is 2.04. The van der Waals surface area contributed by atoms with E-state index in [1.807, 2.05) is 56.3 Å². The van der Waals surface area contributed by atoms with Gasteiger partial charge in [0.15, 0.2) is 11.5 Å². The van der Waals surface area contributed by atoms with Crippen LogP contribution in [0.3, 0.4) is 0 Å². The second-order valence-electron chi connectivity index (χ2n) is 5.77. The third kappa shape index (κ3) is 4.89. The maximum atomic E-state index is 12.1. The molecule has 2 rings (SSSR count). The van der Waals surface area contributed by atoms with Crippen molar-refractivity contribution in [2.45, 2.75) is 26.7 Å². The van der Waals surface area contributed by atoms with E-state index in [1.165, 1.54) is 0 Å². The Bertz CT molecular complexity index is 695. The maximum Gasteiger partial charge on any atom is 0.227 e. The molecule has 0 bridgehead atoms. The lowest BCUT2D eigenvalue weighted by Crippen LogP contribution is -2.21. The third-order valence-electron chi connectivity index (χ3n) is 4.18. The van der Waals surface area contributed by atoms with E-state index in [2.05, 4.69) is 10.6 Å². The van der Waals surface area contributed by atoms with Crippen molar-refractivity contribution in [3.63, 3.8) is 0 Å². The standard InChI is InChI=1S/C20H26N2O3/c1-5-14(6-2)20(23)22-16-9-7-15(8-10-16)21-17-11-12-18(24-3)19(13-17)25-4/h7-14,21H,5-6H2,1-4H3,(H,22,23). The van der Waals surface area contributed by atoms with Gasteiger partial charge >= 0.3 is 0 Å². The van der Waals surface area contributed by atoms with Crippen molar-refractivity contribution in [3.8, 4) is 11.5 Å². The number of ether oxygens (including phenoxy) is 2. The fourth-order valence-corrected chi connectivity index (χ4v) is 2.62. The van der Waals surface area contributed by atoms with Gasteiger partial charge in [-0.3, -0.25) is 4.79 Å². The largest absolute Gasteiger partial charge is 0.493 e. The molecule has 0 aliphatic carbocycles. The summed E-state index contributed by atoms with van der Waals surface area (Å²) in [4.78, 5) is 12.1. The Morgan fingerprint density at radius 3 is 2.00 bits per heavy atom. The van der Waals surface area contributed by atoms with Crippen molar-refractivity contribution in [1.82, 2.24) is 0 Å². The molecule has 0 saturated heterocycles. The minimum atomic E-state index is 0.0598. The molecule has 2 aromatic rings. The van der Waals surface area contributed by atoms with E-state index < -0.39 is 0 Å². The number of carbonyl (C=O) groups is 1. The number of methoxy groups -OCH3 is 2. The van der Waals surface area contributed by atoms with Gasteiger partial charge in [-0.25, -0.2) is 0 Å². The van der Waals surface area contributed by atoms with Gasteiger partial charge in [-0.05, 0) is 49.2 Å². The van der Waals surface area contributed by atoms with E-state index >= 15 is 0 Å². The van der Waals surface area contributed by atoms with Crippen LogP contribution in [0.25, 0.3) is 0 Å². The van der Waals surface area contributed by atoms with Crippen LogP contribution in [0.5, 0.6) is 11.5 Å². The van der Waals surface area contributed by atoms with Gasteiger partial charge in [-0.2, -0.15) is 0 Å². The molecule has 134 valence electrons. The van der Waals surface area contributed by atoms with Crippen LogP contribution in [0.4, 0.5) is 17.1 Å². The molecule has 0 radical (unpaired) electrons. The van der Waals surface area contributed by atoms with Crippen LogP contribution in [0, 0.1) is 5.92 Å². The molecule has 0 fully saturated rings. The minimum absolute atomic E-state index is 0.0598. The zero-order valence-corrected chi connectivity index (χ0v) is 15.3. The number of anilines is 3. The second kappa shape index (κ2) is 8.97. The molecule has 2 aromatic carbocycles. The lowest BCUT2D eigenvalue weighted by Gasteiger charge is -2.14. The molecule has 1 amide bonds. The molecule has 0 aliphatic heterocycles. The SMILES string of the molecule is CCC(CC)C(=O)Nc1ccc(Nc2ccc(OC)c(OC)c2)cc1. The predicted molar refractivity (Wildman–Crippen MR) is 102 cm³/mol. The maximum absolute atomic E-state index is 12.1. The normalized spacial score (nSPS) is 10.4. The summed E-state index contributed by atoms with van der Waals surface area (Å²) in [6, 6.07) is 13.3. The zero-order chi connectivity index (χ0) is 18.2. The second-order valence-corrected chi connectivity index (χ2v) is 5.77. The molecule has 0 unspecified atom stereocenters. The van der Waals surface area contributed by atoms with Crippen LogP contribution in [-0.2, 0) is 4.79 Å². The lowest BCUT2D eigenvalue weighted by molar-refractivity contribution is -0.120. The van der Waals surface area contributed by atoms with E-state index in [0.717, 1.165) is 29.9 Å². The first-order valence-corrected chi connectivity index (χ1v) is 8.51. The third-order valence-corrected chi connectivity index (χ3v) is 4.18. The molecule has 0 saturated carbocycles. The fourth-order valence-electron chi connectivity index (χ4n) is 2.62. The summed E-state index contributed by atoms with van der Waals surface area (Å²) in [5.41, 5.74) is 2.62. The van der Waals surface area contributed by atoms with Gasteiger partial charge in [-0.15, -0.1) is 0 Å². The minimum Gasteiger partial charge on any atom is -0.493 e. The van der Waals surface area contributed by atoms with Crippen molar-refractivity contribution < 1.29 is 14.3 Å². The van der Waals surface area contributed by atoms with Crippen molar-refractivity contribution in [2.24, 2.45) is 5.92 Å². The highest BCUT2D eigenvalue weighted by atomic mass is 16.5. The topological polar surface area (TPSA) is 59.6 Å². The van der Waals surface area contributed by atoms with Crippen LogP contribution in [0.15, 0.2) is 42.5 Å². The molecule has 25 heavy (non-hydrogen) atoms. The molecule has 5 heteroatoms. The van der Waals surface area contributed by atoms with E-state index in [0.29, 0.717) is 11.5 Å². The first-order chi connectivity index (χ1) is 12.1. The van der Waals surface area contributed by atoms with Crippen LogP contribution in [-0.4, -0.2) is 20.1 Å². The summed E-state index contributed by atoms with van der Waals surface area (Å²) in [7, 11) is 3.22. The van der Waals surface area contributed by atoms with E-state index in [9.17, 15) is 4.79 Å². The van der Waals surface area contributed by atoms with Gasteiger partial charge in [0.2, 0.25) is 5.91 Å². The lowest BCUT2D eigenvalue weighted by atomic mass is 10.0. The van der Waals surface area contributed by atoms with E-state index in [1.54, 1.807) is 14.2 Å². The monoisotopic (exact) mass is 342 g/mol. The van der Waals surface area contributed by atoms with Crippen LogP contribution in [0.1, 0.15) is 26.7 Å². The Morgan fingerprint density at radius 2 is 1.44 bits per heavy atom. The molecule has 2 N–H and O–H groups in total. The molecule has 0 atom stereocenters. The number of nitrogens with one attached hydrogen (secondary N) is 2. The number of hydrogen-bond donors (Lipinski definition) is 2. The van der Waals surface area contributed by atoms with Crippen LogP contribution < -0.4 is 20.1 Å². The van der Waals surface area contributed by atoms with Crippen molar-refractivity contribution >= 4 is 23.0 Å². The van der Waals surface area contributed by atoms with Gasteiger partial charge in [0.25, 0.3) is 0 Å². The van der Waals surface area contributed by atoms with Crippen molar-refractivity contribution in [1.29, 1.82) is 0 Å². The molecule has 0 heterocycles. The summed E-state index contributed by atoms with van der Waals surface area (Å²) in [5.74, 6) is 1.49. The molecule has 5 nitrogen and oxygen atoms in total. The molecular formula is C20H26N2O3. The number of benzene rings is 2.